The molecule has 1 aromatic rings. The predicted octanol–water partition coefficient (Wildman–Crippen LogP) is 2.74. The summed E-state index contributed by atoms with van der Waals surface area (Å²) in [5.41, 5.74) is 6.32. The number of rotatable bonds is 7. The minimum atomic E-state index is 0.388. The van der Waals surface area contributed by atoms with Crippen LogP contribution in [0.25, 0.3) is 0 Å². The van der Waals surface area contributed by atoms with Crippen molar-refractivity contribution >= 4 is 0 Å². The van der Waals surface area contributed by atoms with E-state index in [1.807, 2.05) is 24.3 Å². The first-order valence-electron chi connectivity index (χ1n) is 7.65. The zero-order valence-corrected chi connectivity index (χ0v) is 13.7. The number of ether oxygens (including phenoxy) is 1. The number of hydrogen-bond acceptors (Lipinski definition) is 3. The SMILES string of the molecule is CC(C)CC(C)N(C)CCOc1ccc(C#CCN)cc1. The first kappa shape index (κ1) is 17.6. The highest BCUT2D eigenvalue weighted by Gasteiger charge is 2.10. The van der Waals surface area contributed by atoms with E-state index in [0.717, 1.165) is 23.8 Å². The maximum atomic E-state index is 5.78. The number of nitrogens with zero attached hydrogens (tertiary/aromatic N) is 1. The van der Waals surface area contributed by atoms with Gasteiger partial charge >= 0.3 is 0 Å². The average Bonchev–Trinajstić information content (AvgIpc) is 2.45. The minimum absolute atomic E-state index is 0.388. The quantitative estimate of drug-likeness (QED) is 0.784. The molecule has 1 atom stereocenters. The van der Waals surface area contributed by atoms with Gasteiger partial charge in [0.25, 0.3) is 0 Å². The molecule has 0 aliphatic heterocycles. The minimum Gasteiger partial charge on any atom is -0.492 e. The van der Waals surface area contributed by atoms with Crippen LogP contribution in [-0.2, 0) is 0 Å². The van der Waals surface area contributed by atoms with Gasteiger partial charge in [0, 0.05) is 18.2 Å². The molecule has 0 saturated heterocycles. The Labute approximate surface area is 129 Å². The summed E-state index contributed by atoms with van der Waals surface area (Å²) < 4.78 is 5.78. The molecule has 0 radical (unpaired) electrons. The molecule has 0 aromatic heterocycles. The Morgan fingerprint density at radius 1 is 1.19 bits per heavy atom. The highest BCUT2D eigenvalue weighted by Crippen LogP contribution is 2.12. The van der Waals surface area contributed by atoms with Crippen LogP contribution in [0.1, 0.15) is 32.8 Å². The molecule has 0 fully saturated rings. The third kappa shape index (κ3) is 7.17. The summed E-state index contributed by atoms with van der Waals surface area (Å²) in [6, 6.07) is 8.42. The van der Waals surface area contributed by atoms with Gasteiger partial charge in [0.15, 0.2) is 0 Å². The van der Waals surface area contributed by atoms with Crippen molar-refractivity contribution in [3.8, 4) is 17.6 Å². The monoisotopic (exact) mass is 288 g/mol. The van der Waals surface area contributed by atoms with Gasteiger partial charge in [-0.3, -0.25) is 0 Å². The predicted molar refractivity (Wildman–Crippen MR) is 89.4 cm³/mol. The van der Waals surface area contributed by atoms with Crippen LogP contribution < -0.4 is 10.5 Å². The van der Waals surface area contributed by atoms with E-state index in [9.17, 15) is 0 Å². The maximum Gasteiger partial charge on any atom is 0.119 e. The summed E-state index contributed by atoms with van der Waals surface area (Å²) in [7, 11) is 2.15. The standard InChI is InChI=1S/C18H28N2O/c1-15(2)14-16(3)20(4)12-13-21-18-9-7-17(8-10-18)6-5-11-19/h7-10,15-16H,11-14,19H2,1-4H3. The van der Waals surface area contributed by atoms with Crippen LogP contribution in [0.4, 0.5) is 0 Å². The lowest BCUT2D eigenvalue weighted by atomic mass is 10.0. The fourth-order valence-electron chi connectivity index (χ4n) is 2.18. The number of hydrogen-bond donors (Lipinski definition) is 1. The van der Waals surface area contributed by atoms with Crippen molar-refractivity contribution < 1.29 is 4.74 Å². The Balaban J connectivity index is 2.35. The van der Waals surface area contributed by atoms with Crippen LogP contribution in [0.3, 0.4) is 0 Å². The first-order valence-corrected chi connectivity index (χ1v) is 7.65. The zero-order chi connectivity index (χ0) is 15.7. The molecule has 0 spiro atoms. The van der Waals surface area contributed by atoms with Crippen LogP contribution in [0, 0.1) is 17.8 Å². The van der Waals surface area contributed by atoms with E-state index in [-0.39, 0.29) is 0 Å². The van der Waals surface area contributed by atoms with Gasteiger partial charge < -0.3 is 15.4 Å². The summed E-state index contributed by atoms with van der Waals surface area (Å²) in [6.45, 7) is 8.81. The second kappa shape index (κ2) is 9.44. The van der Waals surface area contributed by atoms with Gasteiger partial charge in [-0.15, -0.1) is 0 Å². The first-order chi connectivity index (χ1) is 10.0. The van der Waals surface area contributed by atoms with Crippen molar-refractivity contribution in [2.24, 2.45) is 11.7 Å². The van der Waals surface area contributed by atoms with Gasteiger partial charge in [-0.05, 0) is 50.6 Å². The van der Waals surface area contributed by atoms with Crippen LogP contribution in [-0.4, -0.2) is 37.7 Å². The van der Waals surface area contributed by atoms with Crippen LogP contribution in [0.2, 0.25) is 0 Å². The van der Waals surface area contributed by atoms with Gasteiger partial charge in [-0.1, -0.05) is 25.7 Å². The summed E-state index contributed by atoms with van der Waals surface area (Å²) in [4.78, 5) is 2.35. The summed E-state index contributed by atoms with van der Waals surface area (Å²) >= 11 is 0. The van der Waals surface area contributed by atoms with E-state index in [1.54, 1.807) is 0 Å². The number of benzene rings is 1. The Hall–Kier alpha value is -1.50. The molecule has 2 N–H and O–H groups in total. The lowest BCUT2D eigenvalue weighted by Crippen LogP contribution is -2.33. The van der Waals surface area contributed by atoms with Gasteiger partial charge in [-0.2, -0.15) is 0 Å². The average molecular weight is 288 g/mol. The number of nitrogens with two attached hydrogens (primary N) is 1. The smallest absolute Gasteiger partial charge is 0.119 e. The van der Waals surface area contributed by atoms with Crippen molar-refractivity contribution in [3.05, 3.63) is 29.8 Å². The molecule has 0 heterocycles. The summed E-state index contributed by atoms with van der Waals surface area (Å²) in [6.07, 6.45) is 1.21. The molecule has 3 heteroatoms. The molecule has 0 amide bonds. The van der Waals surface area contributed by atoms with Crippen molar-refractivity contribution in [2.75, 3.05) is 26.7 Å². The highest BCUT2D eigenvalue weighted by molar-refractivity contribution is 5.38. The molecule has 0 saturated carbocycles. The maximum absolute atomic E-state index is 5.78. The van der Waals surface area contributed by atoms with Gasteiger partial charge in [0.05, 0.1) is 6.54 Å². The van der Waals surface area contributed by atoms with Crippen molar-refractivity contribution in [3.63, 3.8) is 0 Å². The molecule has 0 aliphatic rings. The lowest BCUT2D eigenvalue weighted by Gasteiger charge is -2.26. The molecule has 1 aromatic carbocycles. The Morgan fingerprint density at radius 2 is 1.86 bits per heavy atom. The zero-order valence-electron chi connectivity index (χ0n) is 13.7. The third-order valence-electron chi connectivity index (χ3n) is 3.47. The van der Waals surface area contributed by atoms with Crippen LogP contribution in [0.5, 0.6) is 5.75 Å². The Kier molecular flexibility index (Phi) is 7.89. The second-order valence-electron chi connectivity index (χ2n) is 5.84. The molecule has 21 heavy (non-hydrogen) atoms. The van der Waals surface area contributed by atoms with Crippen LogP contribution in [0.15, 0.2) is 24.3 Å². The lowest BCUT2D eigenvalue weighted by molar-refractivity contribution is 0.184. The van der Waals surface area contributed by atoms with E-state index < -0.39 is 0 Å². The highest BCUT2D eigenvalue weighted by atomic mass is 16.5. The van der Waals surface area contributed by atoms with Crippen molar-refractivity contribution in [1.82, 2.24) is 4.90 Å². The fraction of sp³-hybridized carbons (Fsp3) is 0.556. The van der Waals surface area contributed by atoms with Crippen molar-refractivity contribution in [2.45, 2.75) is 33.2 Å². The van der Waals surface area contributed by atoms with E-state index in [1.165, 1.54) is 6.42 Å². The molecular formula is C18H28N2O. The number of likely N-dealkylation sites (N-methyl/N-ethyl adjacent to an activating group) is 1. The Morgan fingerprint density at radius 3 is 2.43 bits per heavy atom. The summed E-state index contributed by atoms with van der Waals surface area (Å²) in [5, 5.41) is 0. The van der Waals surface area contributed by atoms with E-state index >= 15 is 0 Å². The van der Waals surface area contributed by atoms with Gasteiger partial charge in [-0.25, -0.2) is 0 Å². The van der Waals surface area contributed by atoms with E-state index in [4.69, 9.17) is 10.5 Å². The van der Waals surface area contributed by atoms with Crippen LogP contribution >= 0.6 is 0 Å². The van der Waals surface area contributed by atoms with Gasteiger partial charge in [0.1, 0.15) is 12.4 Å². The van der Waals surface area contributed by atoms with Crippen molar-refractivity contribution in [1.29, 1.82) is 0 Å². The van der Waals surface area contributed by atoms with E-state index in [0.29, 0.717) is 19.2 Å². The normalized spacial score (nSPS) is 12.1. The topological polar surface area (TPSA) is 38.5 Å². The molecule has 1 rings (SSSR count). The second-order valence-corrected chi connectivity index (χ2v) is 5.84. The molecule has 0 bridgehead atoms. The molecular weight excluding hydrogens is 260 g/mol. The third-order valence-corrected chi connectivity index (χ3v) is 3.47. The van der Waals surface area contributed by atoms with E-state index in [2.05, 4.69) is 44.6 Å². The fourth-order valence-corrected chi connectivity index (χ4v) is 2.18. The summed E-state index contributed by atoms with van der Waals surface area (Å²) in [5.74, 6) is 7.46. The van der Waals surface area contributed by atoms with Gasteiger partial charge in [0.2, 0.25) is 0 Å². The Bertz CT molecular complexity index is 456. The molecule has 116 valence electrons. The molecule has 1 unspecified atom stereocenters. The largest absolute Gasteiger partial charge is 0.492 e. The molecule has 0 aliphatic carbocycles. The molecule has 3 nitrogen and oxygen atoms in total.